The number of carbonyl (C=O) groups excluding carboxylic acids is 3. The first-order valence-corrected chi connectivity index (χ1v) is 7.02. The molecule has 0 radical (unpaired) electrons. The van der Waals surface area contributed by atoms with Crippen LogP contribution < -0.4 is 16.0 Å². The summed E-state index contributed by atoms with van der Waals surface area (Å²) in [6.45, 7) is 1.72. The molecule has 2 rings (SSSR count). The maximum absolute atomic E-state index is 11.7. The third kappa shape index (κ3) is 4.29. The molecule has 1 aliphatic carbocycles. The van der Waals surface area contributed by atoms with Gasteiger partial charge in [0.2, 0.25) is 5.91 Å². The quantitative estimate of drug-likeness (QED) is 0.593. The van der Waals surface area contributed by atoms with E-state index in [1.165, 1.54) is 6.92 Å². The molecule has 0 heterocycles. The molecule has 1 aliphatic rings. The van der Waals surface area contributed by atoms with Gasteiger partial charge in [-0.25, -0.2) is 0 Å². The van der Waals surface area contributed by atoms with Crippen LogP contribution >= 0.6 is 0 Å². The zero-order chi connectivity index (χ0) is 16.2. The van der Waals surface area contributed by atoms with E-state index in [2.05, 4.69) is 16.0 Å². The summed E-state index contributed by atoms with van der Waals surface area (Å²) in [4.78, 5) is 34.3. The van der Waals surface area contributed by atoms with Crippen LogP contribution in [0.3, 0.4) is 0 Å². The zero-order valence-corrected chi connectivity index (χ0v) is 12.3. The van der Waals surface area contributed by atoms with Gasteiger partial charge in [-0.1, -0.05) is 0 Å². The second kappa shape index (κ2) is 6.57. The second-order valence-electron chi connectivity index (χ2n) is 5.55. The maximum atomic E-state index is 11.7. The van der Waals surface area contributed by atoms with Gasteiger partial charge in [0.25, 0.3) is 0 Å². The highest BCUT2D eigenvalue weighted by atomic mass is 16.3. The lowest BCUT2D eigenvalue weighted by atomic mass is 10.1. The van der Waals surface area contributed by atoms with E-state index >= 15 is 0 Å². The van der Waals surface area contributed by atoms with Crippen LogP contribution in [0.4, 0.5) is 11.4 Å². The summed E-state index contributed by atoms with van der Waals surface area (Å²) in [5.74, 6) is -1.68. The smallest absolute Gasteiger partial charge is 0.313 e. The molecule has 1 aromatic rings. The Morgan fingerprint density at radius 3 is 2.05 bits per heavy atom. The van der Waals surface area contributed by atoms with Crippen LogP contribution in [0.15, 0.2) is 24.3 Å². The van der Waals surface area contributed by atoms with E-state index in [0.717, 1.165) is 12.8 Å². The predicted molar refractivity (Wildman–Crippen MR) is 81.1 cm³/mol. The number of anilines is 2. The van der Waals surface area contributed by atoms with Gasteiger partial charge in [-0.2, -0.15) is 0 Å². The molecule has 0 unspecified atom stereocenters. The maximum Gasteiger partial charge on any atom is 0.313 e. The number of amides is 3. The molecule has 0 aromatic heterocycles. The van der Waals surface area contributed by atoms with Crippen LogP contribution in [0.25, 0.3) is 0 Å². The van der Waals surface area contributed by atoms with Gasteiger partial charge in [0.1, 0.15) is 0 Å². The van der Waals surface area contributed by atoms with E-state index in [1.807, 2.05) is 0 Å². The number of aliphatic hydroxyl groups excluding tert-OH is 1. The van der Waals surface area contributed by atoms with Crippen LogP contribution in [0.1, 0.15) is 19.8 Å². The molecule has 0 bridgehead atoms. The number of aliphatic hydroxyl groups is 1. The van der Waals surface area contributed by atoms with Crippen molar-refractivity contribution in [2.75, 3.05) is 23.8 Å². The molecule has 0 aliphatic heterocycles. The van der Waals surface area contributed by atoms with Gasteiger partial charge in [-0.05, 0) is 37.1 Å². The van der Waals surface area contributed by atoms with E-state index in [-0.39, 0.29) is 17.9 Å². The minimum Gasteiger partial charge on any atom is -0.396 e. The topological polar surface area (TPSA) is 108 Å². The molecule has 1 fully saturated rings. The van der Waals surface area contributed by atoms with Crippen molar-refractivity contribution in [3.05, 3.63) is 24.3 Å². The fourth-order valence-corrected chi connectivity index (χ4v) is 1.94. The SMILES string of the molecule is CC(=O)Nc1ccc(NC(=O)C(=O)NCC2(CO)CC2)cc1. The monoisotopic (exact) mass is 305 g/mol. The van der Waals surface area contributed by atoms with Crippen LogP contribution in [-0.4, -0.2) is 36.0 Å². The van der Waals surface area contributed by atoms with Gasteiger partial charge < -0.3 is 21.1 Å². The summed E-state index contributed by atoms with van der Waals surface area (Å²) in [5, 5.41) is 16.8. The summed E-state index contributed by atoms with van der Waals surface area (Å²) in [5.41, 5.74) is 0.821. The summed E-state index contributed by atoms with van der Waals surface area (Å²) in [7, 11) is 0. The highest BCUT2D eigenvalue weighted by molar-refractivity contribution is 6.39. The molecule has 0 atom stereocenters. The lowest BCUT2D eigenvalue weighted by Gasteiger charge is -2.12. The van der Waals surface area contributed by atoms with Gasteiger partial charge >= 0.3 is 11.8 Å². The molecular formula is C15H19N3O4. The predicted octanol–water partition coefficient (Wildman–Crippen LogP) is 0.472. The molecule has 1 aromatic carbocycles. The third-order valence-corrected chi connectivity index (χ3v) is 3.59. The summed E-state index contributed by atoms with van der Waals surface area (Å²) in [6, 6.07) is 6.43. The van der Waals surface area contributed by atoms with Crippen molar-refractivity contribution in [3.63, 3.8) is 0 Å². The Labute approximate surface area is 128 Å². The largest absolute Gasteiger partial charge is 0.396 e. The Morgan fingerprint density at radius 2 is 1.59 bits per heavy atom. The molecule has 3 amide bonds. The molecule has 0 spiro atoms. The zero-order valence-electron chi connectivity index (χ0n) is 12.3. The Bertz CT molecular complexity index is 579. The van der Waals surface area contributed by atoms with Gasteiger partial charge in [-0.3, -0.25) is 14.4 Å². The molecule has 7 heteroatoms. The van der Waals surface area contributed by atoms with Crippen molar-refractivity contribution in [1.82, 2.24) is 5.32 Å². The van der Waals surface area contributed by atoms with Crippen LogP contribution in [-0.2, 0) is 14.4 Å². The Kier molecular flexibility index (Phi) is 4.77. The first kappa shape index (κ1) is 16.0. The number of rotatable bonds is 5. The van der Waals surface area contributed by atoms with Crippen LogP contribution in [0, 0.1) is 5.41 Å². The average Bonchev–Trinajstić information content (AvgIpc) is 3.27. The van der Waals surface area contributed by atoms with E-state index in [4.69, 9.17) is 5.11 Å². The van der Waals surface area contributed by atoms with Crippen LogP contribution in [0.5, 0.6) is 0 Å². The van der Waals surface area contributed by atoms with E-state index < -0.39 is 11.8 Å². The first-order valence-electron chi connectivity index (χ1n) is 7.02. The molecule has 1 saturated carbocycles. The fourth-order valence-electron chi connectivity index (χ4n) is 1.94. The highest BCUT2D eigenvalue weighted by Crippen LogP contribution is 2.44. The standard InChI is InChI=1S/C15H19N3O4/c1-10(20)17-11-2-4-12(5-3-11)18-14(22)13(21)16-8-15(9-19)6-7-15/h2-5,19H,6-9H2,1H3,(H,16,21)(H,17,20)(H,18,22). The normalized spacial score (nSPS) is 14.8. The van der Waals surface area contributed by atoms with Crippen molar-refractivity contribution in [3.8, 4) is 0 Å². The third-order valence-electron chi connectivity index (χ3n) is 3.59. The lowest BCUT2D eigenvalue weighted by molar-refractivity contribution is -0.136. The molecular weight excluding hydrogens is 286 g/mol. The Balaban J connectivity index is 1.83. The lowest BCUT2D eigenvalue weighted by Crippen LogP contribution is -2.39. The van der Waals surface area contributed by atoms with Crippen molar-refractivity contribution in [2.24, 2.45) is 5.41 Å². The van der Waals surface area contributed by atoms with Crippen molar-refractivity contribution < 1.29 is 19.5 Å². The number of hydrogen-bond acceptors (Lipinski definition) is 4. The first-order chi connectivity index (χ1) is 10.4. The summed E-state index contributed by atoms with van der Waals surface area (Å²) in [6.07, 6.45) is 1.71. The van der Waals surface area contributed by atoms with Gasteiger partial charge in [0, 0.05) is 30.3 Å². The highest BCUT2D eigenvalue weighted by Gasteiger charge is 2.42. The Morgan fingerprint density at radius 1 is 1.05 bits per heavy atom. The summed E-state index contributed by atoms with van der Waals surface area (Å²) < 4.78 is 0. The van der Waals surface area contributed by atoms with Crippen molar-refractivity contribution >= 4 is 29.1 Å². The summed E-state index contributed by atoms with van der Waals surface area (Å²) >= 11 is 0. The van der Waals surface area contributed by atoms with Crippen molar-refractivity contribution in [1.29, 1.82) is 0 Å². The second-order valence-corrected chi connectivity index (χ2v) is 5.55. The van der Waals surface area contributed by atoms with E-state index in [1.54, 1.807) is 24.3 Å². The van der Waals surface area contributed by atoms with Gasteiger partial charge in [0.05, 0.1) is 6.61 Å². The number of carbonyl (C=O) groups is 3. The Hall–Kier alpha value is -2.41. The number of nitrogens with one attached hydrogen (secondary N) is 3. The van der Waals surface area contributed by atoms with Crippen molar-refractivity contribution in [2.45, 2.75) is 19.8 Å². The van der Waals surface area contributed by atoms with E-state index in [9.17, 15) is 14.4 Å². The van der Waals surface area contributed by atoms with Crippen LogP contribution in [0.2, 0.25) is 0 Å². The minimum absolute atomic E-state index is 0.0134. The molecule has 4 N–H and O–H groups in total. The number of benzene rings is 1. The molecule has 22 heavy (non-hydrogen) atoms. The molecule has 118 valence electrons. The molecule has 0 saturated heterocycles. The fraction of sp³-hybridized carbons (Fsp3) is 0.400. The van der Waals surface area contributed by atoms with Gasteiger partial charge in [0.15, 0.2) is 0 Å². The van der Waals surface area contributed by atoms with Gasteiger partial charge in [-0.15, -0.1) is 0 Å². The average molecular weight is 305 g/mol. The molecule has 7 nitrogen and oxygen atoms in total. The number of hydrogen-bond donors (Lipinski definition) is 4. The minimum atomic E-state index is -0.763. The van der Waals surface area contributed by atoms with E-state index in [0.29, 0.717) is 17.9 Å².